The molecule has 5 heteroatoms. The number of rotatable bonds is 6. The molecule has 1 spiro atoms. The second-order valence-electron chi connectivity index (χ2n) is 27.7. The average Bonchev–Trinajstić information content (AvgIpc) is 3.79. The monoisotopic (exact) mass is 960 g/mol. The first-order valence-corrected chi connectivity index (χ1v) is 30.6. The van der Waals surface area contributed by atoms with Crippen molar-refractivity contribution in [3.8, 4) is 0 Å². The predicted octanol–water partition coefficient (Wildman–Crippen LogP) is 17.0. The Kier molecular flexibility index (Phi) is 11.4. The topological polar surface area (TPSA) is 18.0 Å². The molecule has 10 aliphatic rings. The van der Waals surface area contributed by atoms with Gasteiger partial charge in [-0.15, -0.1) is 0 Å². The van der Waals surface area contributed by atoms with Gasteiger partial charge in [0.15, 0.2) is 0 Å². The van der Waals surface area contributed by atoms with Gasteiger partial charge < -0.3 is 0 Å². The van der Waals surface area contributed by atoms with Gasteiger partial charge in [-0.3, -0.25) is 0 Å². The van der Waals surface area contributed by atoms with Crippen molar-refractivity contribution in [2.75, 3.05) is 7.05 Å². The molecule has 12 atom stereocenters. The fourth-order valence-electron chi connectivity index (χ4n) is 17.4. The molecule has 12 rings (SSSR count). The van der Waals surface area contributed by atoms with Gasteiger partial charge in [-0.1, -0.05) is 0 Å². The molecule has 4 aliphatic heterocycles. The molecule has 1 saturated carbocycles. The third kappa shape index (κ3) is 6.89. The number of allylic oxidation sites excluding steroid dienone is 11. The first-order valence-electron chi connectivity index (χ1n) is 28.8. The molecule has 6 aliphatic carbocycles. The maximum absolute atomic E-state index is 8.68. The second-order valence-corrected chi connectivity index (χ2v) is 31.1. The van der Waals surface area contributed by atoms with Gasteiger partial charge in [-0.2, -0.15) is 0 Å². The summed E-state index contributed by atoms with van der Waals surface area (Å²) in [5.74, 6) is 9.71. The first-order chi connectivity index (χ1) is 33.3. The van der Waals surface area contributed by atoms with Gasteiger partial charge in [-0.05, 0) is 0 Å². The van der Waals surface area contributed by atoms with Crippen LogP contribution in [0.3, 0.4) is 0 Å². The number of hydrogen-bond donors (Lipinski definition) is 0. The molecule has 1 aromatic carbocycles. The van der Waals surface area contributed by atoms with Crippen molar-refractivity contribution >= 4 is 25.1 Å². The molecule has 4 nitrogen and oxygen atoms in total. The fraction of sp³-hybridized carbons (Fsp3) is 0.615. The van der Waals surface area contributed by atoms with Crippen LogP contribution < -0.4 is 4.34 Å². The van der Waals surface area contributed by atoms with E-state index in [-0.39, 0.29) is 10.8 Å². The normalized spacial score (nSPS) is 36.8. The second kappa shape index (κ2) is 16.8. The van der Waals surface area contributed by atoms with Crippen LogP contribution in [0.5, 0.6) is 0 Å². The van der Waals surface area contributed by atoms with Crippen molar-refractivity contribution in [2.45, 2.75) is 172 Å². The van der Waals surface area contributed by atoms with E-state index in [1.54, 1.807) is 33.4 Å². The summed E-state index contributed by atoms with van der Waals surface area (Å²) in [6.07, 6.45) is 38.4. The molecule has 1 aromatic heterocycles. The third-order valence-electron chi connectivity index (χ3n) is 21.1. The number of quaternary nitrogens is 1. The molecule has 374 valence electrons. The van der Waals surface area contributed by atoms with E-state index in [9.17, 15) is 0 Å². The van der Waals surface area contributed by atoms with Gasteiger partial charge in [0, 0.05) is 0 Å². The number of aromatic nitrogens is 2. The van der Waals surface area contributed by atoms with E-state index >= 15 is 0 Å². The molecule has 2 aromatic rings. The van der Waals surface area contributed by atoms with Gasteiger partial charge in [0.05, 0.1) is 0 Å². The van der Waals surface area contributed by atoms with Crippen molar-refractivity contribution in [1.82, 2.24) is 4.57 Å². The first kappa shape index (κ1) is 47.5. The number of likely N-dealkylation sites (N-methyl/N-ethyl adjacent to an activating group) is 1. The van der Waals surface area contributed by atoms with Crippen LogP contribution in [0.15, 0.2) is 107 Å². The van der Waals surface area contributed by atoms with Crippen molar-refractivity contribution < 1.29 is 13.1 Å². The van der Waals surface area contributed by atoms with Crippen LogP contribution in [-0.4, -0.2) is 21.9 Å². The summed E-state index contributed by atoms with van der Waals surface area (Å²) in [5, 5.41) is 1.70. The van der Waals surface area contributed by atoms with Crippen molar-refractivity contribution in [3.05, 3.63) is 130 Å². The fourth-order valence-corrected chi connectivity index (χ4v) is 22.9. The minimum atomic E-state index is -3.23. The summed E-state index contributed by atoms with van der Waals surface area (Å²) < 4.78 is 15.6. The van der Waals surface area contributed by atoms with E-state index in [0.717, 1.165) is 23.0 Å². The Balaban J connectivity index is 1.13. The summed E-state index contributed by atoms with van der Waals surface area (Å²) >= 11 is 0. The van der Waals surface area contributed by atoms with E-state index in [0.29, 0.717) is 77.1 Å². The average molecular weight is 960 g/mol. The van der Waals surface area contributed by atoms with Crippen LogP contribution in [0.2, 0.25) is 0 Å². The zero-order valence-corrected chi connectivity index (χ0v) is 46.7. The van der Waals surface area contributed by atoms with Crippen molar-refractivity contribution in [2.24, 2.45) is 75.9 Å². The summed E-state index contributed by atoms with van der Waals surface area (Å²) in [6, 6.07) is 11.6. The number of imidazole rings is 1. The summed E-state index contributed by atoms with van der Waals surface area (Å²) in [4.78, 5) is 0. The van der Waals surface area contributed by atoms with Crippen molar-refractivity contribution in [3.63, 3.8) is 0 Å². The third-order valence-corrected chi connectivity index (χ3v) is 25.6. The van der Waals surface area contributed by atoms with Gasteiger partial charge in [0.2, 0.25) is 0 Å². The molecule has 70 heavy (non-hydrogen) atoms. The van der Waals surface area contributed by atoms with E-state index < -0.39 is 7.79 Å². The molecule has 1 saturated heterocycles. The van der Waals surface area contributed by atoms with Crippen LogP contribution in [-0.2, 0) is 4.52 Å². The molecule has 5 heterocycles. The molecule has 0 radical (unpaired) electrons. The SMILES string of the molecule is CC(C)C1=C2O[PH]34C5=C(C6CC=Cc7c6[n+]3c(n7C3=CC(C(C)(C)C)C(C)C(C6CCCCC6)C3)C2=C[C@H](C(C)C)C1)C(C)C(C(C)(C)C)C=C5C1CC(C2C=CC(c3ccccc3)CC2)C=C[N+]14C. The van der Waals surface area contributed by atoms with E-state index in [4.69, 9.17) is 4.52 Å². The quantitative estimate of drug-likeness (QED) is 0.208. The van der Waals surface area contributed by atoms with Gasteiger partial charge >= 0.3 is 427 Å². The molecular formula is C65H90N3OP+2. The van der Waals surface area contributed by atoms with Crippen LogP contribution in [0.1, 0.15) is 188 Å². The van der Waals surface area contributed by atoms with Crippen LogP contribution in [0.4, 0.5) is 0 Å². The van der Waals surface area contributed by atoms with E-state index in [2.05, 4.69) is 184 Å². The van der Waals surface area contributed by atoms with Crippen LogP contribution in [0.25, 0.3) is 17.3 Å². The van der Waals surface area contributed by atoms with E-state index in [1.165, 1.54) is 86.2 Å². The van der Waals surface area contributed by atoms with Gasteiger partial charge in [-0.25, -0.2) is 0 Å². The maximum atomic E-state index is 8.68. The number of fused-ring (bicyclic) bond motifs is 5. The van der Waals surface area contributed by atoms with Crippen LogP contribution in [0, 0.1) is 75.9 Å². The molecule has 2 fully saturated rings. The standard InChI is InChI=1S/C65H90N3OP/c1-39(2)48-33-51(40(3)4)61-54(34-48)63-66(49-36-52(46-23-18-15-19-24-46)41(5)55(37-49)64(7,8)9)57-26-20-25-50-59-42(6)56(65(10,11)12)38-53-58-35-47(45-29-27-44(28-30-45)43-21-16-14-17-22-43)31-32-68(58,13)70(69-61,62(53)59)67(63)60(50)57/h14,16-17,20-22,26-27,29,31-32,34,37-42,44-48,50,52,55-56,58,70H,15,18-19,23-25,28,30,33,35-36H2,1-13H3/q+2/t41?,42?,44?,45?,47?,48-,50?,52?,55?,56?,58?,68?/m1/s1. The molecule has 0 bridgehead atoms. The zero-order chi connectivity index (χ0) is 49.0. The zero-order valence-electron chi connectivity index (χ0n) is 45.7. The Bertz CT molecular complexity index is 2710. The Morgan fingerprint density at radius 1 is 0.814 bits per heavy atom. The van der Waals surface area contributed by atoms with Crippen LogP contribution >= 0.6 is 7.79 Å². The Morgan fingerprint density at radius 3 is 2.23 bits per heavy atom. The Hall–Kier alpha value is -3.46. The summed E-state index contributed by atoms with van der Waals surface area (Å²) in [7, 11) is -0.555. The Morgan fingerprint density at radius 2 is 1.56 bits per heavy atom. The Labute approximate surface area is 425 Å². The summed E-state index contributed by atoms with van der Waals surface area (Å²) in [6.45, 7) is 30.4. The number of benzene rings is 1. The van der Waals surface area contributed by atoms with Gasteiger partial charge in [0.25, 0.3) is 0 Å². The number of nitrogens with zero attached hydrogens (tertiary/aromatic N) is 3. The minimum absolute atomic E-state index is 0.136. The van der Waals surface area contributed by atoms with Crippen molar-refractivity contribution in [1.29, 1.82) is 0 Å². The number of hydrogen-bond acceptors (Lipinski definition) is 1. The molecule has 11 unspecified atom stereocenters. The predicted molar refractivity (Wildman–Crippen MR) is 295 cm³/mol. The molecular weight excluding hydrogens is 870 g/mol. The van der Waals surface area contributed by atoms with Gasteiger partial charge in [0.1, 0.15) is 0 Å². The molecule has 0 amide bonds. The molecule has 0 N–H and O–H groups in total. The summed E-state index contributed by atoms with van der Waals surface area (Å²) in [5.41, 5.74) is 12.9. The van der Waals surface area contributed by atoms with E-state index in [1.807, 2.05) is 0 Å².